The SMILES string of the molecule is CCN(C1=C(c2ccccc2OC)C(=O)N(c2ccccc2)C1=O)c1ccccc1. The van der Waals surface area contributed by atoms with Crippen LogP contribution in [0.2, 0.25) is 0 Å². The van der Waals surface area contributed by atoms with Gasteiger partial charge < -0.3 is 9.64 Å². The Hall–Kier alpha value is -3.86. The zero-order chi connectivity index (χ0) is 21.1. The van der Waals surface area contributed by atoms with Crippen molar-refractivity contribution in [3.63, 3.8) is 0 Å². The van der Waals surface area contributed by atoms with Crippen LogP contribution in [-0.4, -0.2) is 25.5 Å². The molecule has 5 nitrogen and oxygen atoms in total. The number of hydrogen-bond donors (Lipinski definition) is 0. The standard InChI is InChI=1S/C25H22N2O3/c1-3-26(18-12-6-4-7-13-18)23-22(20-16-10-11-17-21(20)30-2)24(28)27(25(23)29)19-14-8-5-9-15-19/h4-17H,3H2,1-2H3. The van der Waals surface area contributed by atoms with Crippen LogP contribution in [0, 0.1) is 0 Å². The van der Waals surface area contributed by atoms with E-state index in [1.165, 1.54) is 4.90 Å². The summed E-state index contributed by atoms with van der Waals surface area (Å²) in [4.78, 5) is 30.4. The molecular formula is C25H22N2O3. The minimum Gasteiger partial charge on any atom is -0.496 e. The van der Waals surface area contributed by atoms with Gasteiger partial charge in [-0.25, -0.2) is 4.90 Å². The highest BCUT2D eigenvalue weighted by Gasteiger charge is 2.43. The van der Waals surface area contributed by atoms with Crippen LogP contribution in [0.25, 0.3) is 5.57 Å². The molecule has 1 aliphatic heterocycles. The number of hydrogen-bond acceptors (Lipinski definition) is 4. The topological polar surface area (TPSA) is 49.9 Å². The fourth-order valence-electron chi connectivity index (χ4n) is 3.75. The number of rotatable bonds is 6. The Kier molecular flexibility index (Phi) is 5.35. The van der Waals surface area contributed by atoms with Crippen molar-refractivity contribution >= 4 is 28.8 Å². The van der Waals surface area contributed by atoms with Crippen molar-refractivity contribution in [1.29, 1.82) is 0 Å². The Labute approximate surface area is 175 Å². The second-order valence-electron chi connectivity index (χ2n) is 6.78. The summed E-state index contributed by atoms with van der Waals surface area (Å²) < 4.78 is 5.51. The molecule has 3 aromatic carbocycles. The van der Waals surface area contributed by atoms with Gasteiger partial charge in [-0.1, -0.05) is 54.6 Å². The summed E-state index contributed by atoms with van der Waals surface area (Å²) >= 11 is 0. The molecule has 150 valence electrons. The maximum atomic E-state index is 13.6. The summed E-state index contributed by atoms with van der Waals surface area (Å²) in [6.45, 7) is 2.49. The summed E-state index contributed by atoms with van der Waals surface area (Å²) in [6, 6.07) is 25.9. The summed E-state index contributed by atoms with van der Waals surface area (Å²) in [5.41, 5.74) is 2.67. The van der Waals surface area contributed by atoms with E-state index in [9.17, 15) is 9.59 Å². The molecule has 0 radical (unpaired) electrons. The van der Waals surface area contributed by atoms with Crippen molar-refractivity contribution in [2.45, 2.75) is 6.92 Å². The number of carbonyl (C=O) groups is 2. The smallest absolute Gasteiger partial charge is 0.282 e. The molecule has 2 amide bonds. The summed E-state index contributed by atoms with van der Waals surface area (Å²) in [6.07, 6.45) is 0. The zero-order valence-electron chi connectivity index (χ0n) is 16.9. The molecule has 0 atom stereocenters. The predicted octanol–water partition coefficient (Wildman–Crippen LogP) is 4.51. The molecule has 0 unspecified atom stereocenters. The average molecular weight is 398 g/mol. The van der Waals surface area contributed by atoms with Gasteiger partial charge in [0.2, 0.25) is 0 Å². The molecule has 0 aliphatic carbocycles. The van der Waals surface area contributed by atoms with Gasteiger partial charge in [0.05, 0.1) is 18.4 Å². The molecule has 0 spiro atoms. The van der Waals surface area contributed by atoms with E-state index in [-0.39, 0.29) is 11.8 Å². The molecule has 0 aromatic heterocycles. The Balaban J connectivity index is 1.95. The molecule has 0 N–H and O–H groups in total. The monoisotopic (exact) mass is 398 g/mol. The van der Waals surface area contributed by atoms with Crippen molar-refractivity contribution in [2.75, 3.05) is 23.5 Å². The number of ether oxygens (including phenoxy) is 1. The number of methoxy groups -OCH3 is 1. The van der Waals surface area contributed by atoms with Crippen LogP contribution in [0.5, 0.6) is 5.75 Å². The van der Waals surface area contributed by atoms with Crippen molar-refractivity contribution in [1.82, 2.24) is 0 Å². The molecule has 0 saturated carbocycles. The van der Waals surface area contributed by atoms with E-state index in [4.69, 9.17) is 4.74 Å². The molecule has 0 fully saturated rings. The Morgan fingerprint density at radius 3 is 2.03 bits per heavy atom. The van der Waals surface area contributed by atoms with Gasteiger partial charge in [0.25, 0.3) is 11.8 Å². The molecule has 0 saturated heterocycles. The first-order valence-electron chi connectivity index (χ1n) is 9.81. The van der Waals surface area contributed by atoms with E-state index in [1.54, 1.807) is 25.3 Å². The maximum Gasteiger partial charge on any atom is 0.282 e. The van der Waals surface area contributed by atoms with E-state index < -0.39 is 0 Å². The molecule has 1 heterocycles. The van der Waals surface area contributed by atoms with Crippen LogP contribution in [0.4, 0.5) is 11.4 Å². The van der Waals surface area contributed by atoms with Gasteiger partial charge >= 0.3 is 0 Å². The van der Waals surface area contributed by atoms with Crippen molar-refractivity contribution in [3.8, 4) is 5.75 Å². The first-order chi connectivity index (χ1) is 14.7. The fraction of sp³-hybridized carbons (Fsp3) is 0.120. The van der Waals surface area contributed by atoms with Crippen molar-refractivity contribution < 1.29 is 14.3 Å². The average Bonchev–Trinajstić information content (AvgIpc) is 3.05. The molecular weight excluding hydrogens is 376 g/mol. The van der Waals surface area contributed by atoms with E-state index in [0.29, 0.717) is 34.8 Å². The molecule has 30 heavy (non-hydrogen) atoms. The number of para-hydroxylation sites is 3. The normalized spacial score (nSPS) is 13.7. The van der Waals surface area contributed by atoms with Crippen LogP contribution < -0.4 is 14.5 Å². The lowest BCUT2D eigenvalue weighted by atomic mass is 10.0. The van der Waals surface area contributed by atoms with E-state index in [1.807, 2.05) is 78.6 Å². The summed E-state index contributed by atoms with van der Waals surface area (Å²) in [7, 11) is 1.56. The van der Waals surface area contributed by atoms with E-state index in [0.717, 1.165) is 5.69 Å². The van der Waals surface area contributed by atoms with Crippen LogP contribution in [0.3, 0.4) is 0 Å². The highest BCUT2D eigenvalue weighted by atomic mass is 16.5. The molecule has 4 rings (SSSR count). The number of amides is 2. The predicted molar refractivity (Wildman–Crippen MR) is 118 cm³/mol. The van der Waals surface area contributed by atoms with Gasteiger partial charge in [0, 0.05) is 17.8 Å². The number of likely N-dealkylation sites (N-methyl/N-ethyl adjacent to an activating group) is 1. The van der Waals surface area contributed by atoms with E-state index in [2.05, 4.69) is 0 Å². The third-order valence-corrected chi connectivity index (χ3v) is 5.10. The molecule has 5 heteroatoms. The molecule has 1 aliphatic rings. The van der Waals surface area contributed by atoms with Gasteiger partial charge in [0.1, 0.15) is 11.4 Å². The highest BCUT2D eigenvalue weighted by molar-refractivity contribution is 6.46. The van der Waals surface area contributed by atoms with Crippen LogP contribution >= 0.6 is 0 Å². The lowest BCUT2D eigenvalue weighted by Crippen LogP contribution is -2.35. The lowest BCUT2D eigenvalue weighted by molar-refractivity contribution is -0.120. The van der Waals surface area contributed by atoms with Gasteiger partial charge in [-0.05, 0) is 37.3 Å². The third-order valence-electron chi connectivity index (χ3n) is 5.10. The lowest BCUT2D eigenvalue weighted by Gasteiger charge is -2.25. The van der Waals surface area contributed by atoms with Crippen LogP contribution in [0.15, 0.2) is 90.6 Å². The van der Waals surface area contributed by atoms with Crippen molar-refractivity contribution in [3.05, 3.63) is 96.2 Å². The maximum absolute atomic E-state index is 13.6. The third kappa shape index (κ3) is 3.24. The Morgan fingerprint density at radius 1 is 0.800 bits per heavy atom. The zero-order valence-corrected chi connectivity index (χ0v) is 16.9. The quantitative estimate of drug-likeness (QED) is 0.574. The van der Waals surface area contributed by atoms with Crippen LogP contribution in [-0.2, 0) is 9.59 Å². The first kappa shape index (κ1) is 19.5. The van der Waals surface area contributed by atoms with Gasteiger partial charge in [0.15, 0.2) is 0 Å². The number of benzene rings is 3. The number of nitrogens with zero attached hydrogens (tertiary/aromatic N) is 2. The number of carbonyl (C=O) groups excluding carboxylic acids is 2. The second-order valence-corrected chi connectivity index (χ2v) is 6.78. The van der Waals surface area contributed by atoms with Gasteiger partial charge in [-0.15, -0.1) is 0 Å². The first-order valence-corrected chi connectivity index (χ1v) is 9.81. The minimum absolute atomic E-state index is 0.340. The summed E-state index contributed by atoms with van der Waals surface area (Å²) in [5.74, 6) is -0.164. The molecule has 3 aromatic rings. The van der Waals surface area contributed by atoms with Crippen molar-refractivity contribution in [2.24, 2.45) is 0 Å². The Morgan fingerprint density at radius 2 is 1.40 bits per heavy atom. The minimum atomic E-state index is -0.361. The van der Waals surface area contributed by atoms with E-state index >= 15 is 0 Å². The largest absolute Gasteiger partial charge is 0.496 e. The van der Waals surface area contributed by atoms with Crippen LogP contribution in [0.1, 0.15) is 12.5 Å². The van der Waals surface area contributed by atoms with Gasteiger partial charge in [-0.3, -0.25) is 9.59 Å². The Bertz CT molecular complexity index is 1110. The summed E-state index contributed by atoms with van der Waals surface area (Å²) in [5, 5.41) is 0. The highest BCUT2D eigenvalue weighted by Crippen LogP contribution is 2.39. The second kappa shape index (κ2) is 8.25. The van der Waals surface area contributed by atoms with Gasteiger partial charge in [-0.2, -0.15) is 0 Å². The fourth-order valence-corrected chi connectivity index (χ4v) is 3.75. The molecule has 0 bridgehead atoms. The number of anilines is 2. The number of imide groups is 1.